The van der Waals surface area contributed by atoms with E-state index in [0.717, 1.165) is 54.3 Å². The van der Waals surface area contributed by atoms with E-state index in [1.54, 1.807) is 6.07 Å². The first kappa shape index (κ1) is 22.8. The number of rotatable bonds is 5. The molecule has 7 heteroatoms. The number of aromatic nitrogens is 2. The predicted molar refractivity (Wildman–Crippen MR) is 135 cm³/mol. The second-order valence-electron chi connectivity index (χ2n) is 9.93. The van der Waals surface area contributed by atoms with Crippen molar-refractivity contribution in [1.29, 1.82) is 0 Å². The number of fused-ring (bicyclic) bond motifs is 1. The number of halogens is 3. The van der Waals surface area contributed by atoms with E-state index >= 15 is 0 Å². The minimum atomic E-state index is -4.46. The summed E-state index contributed by atoms with van der Waals surface area (Å²) in [4.78, 5) is 6.93. The van der Waals surface area contributed by atoms with Crippen LogP contribution in [0.4, 0.5) is 18.9 Å². The maximum absolute atomic E-state index is 13.7. The fraction of sp³-hybridized carbons (Fsp3) is 0.310. The average Bonchev–Trinajstić information content (AvgIpc) is 3.57. The summed E-state index contributed by atoms with van der Waals surface area (Å²) in [5.74, 6) is 1.23. The summed E-state index contributed by atoms with van der Waals surface area (Å²) in [6.45, 7) is 5.80. The molecule has 1 aliphatic carbocycles. The highest BCUT2D eigenvalue weighted by Crippen LogP contribution is 2.46. The summed E-state index contributed by atoms with van der Waals surface area (Å²) in [6, 6.07) is 14.0. The Bertz CT molecular complexity index is 1480. The maximum Gasteiger partial charge on any atom is 0.417 e. The van der Waals surface area contributed by atoms with Crippen molar-refractivity contribution in [2.75, 3.05) is 18.0 Å². The van der Waals surface area contributed by atoms with Crippen LogP contribution in [-0.4, -0.2) is 23.2 Å². The number of hydrogen-bond acceptors (Lipinski definition) is 4. The van der Waals surface area contributed by atoms with Crippen molar-refractivity contribution >= 4 is 22.7 Å². The molecule has 1 saturated carbocycles. The van der Waals surface area contributed by atoms with Crippen molar-refractivity contribution in [3.8, 4) is 11.3 Å². The molecule has 4 aromatic rings. The molecular weight excluding hydrogens is 463 g/mol. The standard InChI is InChI=1S/C29H26F3N3O/c1-17-13-18(2)33-26-12-10-21(14-24(17)26)35-15-19(16-35)7-11-23-27(34-36-28(23)20-8-9-20)22-5-3-4-6-25(22)29(30,31)32/h3-7,10-14,19-20H,8-9,15-16H2,1-2H3/b11-7+. The molecule has 2 aliphatic rings. The van der Waals surface area contributed by atoms with Crippen LogP contribution in [0.3, 0.4) is 0 Å². The lowest BCUT2D eigenvalue weighted by Gasteiger charge is -2.40. The van der Waals surface area contributed by atoms with E-state index < -0.39 is 11.7 Å². The largest absolute Gasteiger partial charge is 0.417 e. The predicted octanol–water partition coefficient (Wildman–Crippen LogP) is 7.55. The molecule has 3 heterocycles. The van der Waals surface area contributed by atoms with Crippen LogP contribution >= 0.6 is 0 Å². The number of aryl methyl sites for hydroxylation is 2. The van der Waals surface area contributed by atoms with E-state index in [-0.39, 0.29) is 17.2 Å². The van der Waals surface area contributed by atoms with Gasteiger partial charge >= 0.3 is 6.18 Å². The van der Waals surface area contributed by atoms with Crippen LogP contribution in [0.25, 0.3) is 28.2 Å². The van der Waals surface area contributed by atoms with E-state index in [1.165, 1.54) is 17.7 Å². The summed E-state index contributed by atoms with van der Waals surface area (Å²) < 4.78 is 46.6. The highest BCUT2D eigenvalue weighted by molar-refractivity contribution is 5.86. The van der Waals surface area contributed by atoms with Crippen LogP contribution in [0, 0.1) is 19.8 Å². The highest BCUT2D eigenvalue weighted by Gasteiger charge is 2.37. The molecule has 2 fully saturated rings. The van der Waals surface area contributed by atoms with Crippen LogP contribution in [-0.2, 0) is 6.18 Å². The van der Waals surface area contributed by atoms with E-state index in [0.29, 0.717) is 17.2 Å². The molecule has 36 heavy (non-hydrogen) atoms. The van der Waals surface area contributed by atoms with Gasteiger partial charge in [0.1, 0.15) is 11.5 Å². The topological polar surface area (TPSA) is 42.2 Å². The van der Waals surface area contributed by atoms with Crippen LogP contribution in [0.5, 0.6) is 0 Å². The second kappa shape index (κ2) is 8.50. The molecule has 2 aromatic carbocycles. The van der Waals surface area contributed by atoms with Gasteiger partial charge in [-0.15, -0.1) is 0 Å². The quantitative estimate of drug-likeness (QED) is 0.290. The minimum absolute atomic E-state index is 0.0610. The molecule has 0 atom stereocenters. The van der Waals surface area contributed by atoms with Crippen LogP contribution < -0.4 is 4.90 Å². The van der Waals surface area contributed by atoms with Gasteiger partial charge in [-0.2, -0.15) is 13.2 Å². The Kier molecular flexibility index (Phi) is 5.39. The van der Waals surface area contributed by atoms with Crippen molar-refractivity contribution in [3.63, 3.8) is 0 Å². The van der Waals surface area contributed by atoms with Crippen LogP contribution in [0.1, 0.15) is 46.9 Å². The number of pyridine rings is 1. The monoisotopic (exact) mass is 489 g/mol. The summed E-state index contributed by atoms with van der Waals surface area (Å²) in [6.07, 6.45) is 1.50. The second-order valence-corrected chi connectivity index (χ2v) is 9.93. The molecule has 6 rings (SSSR count). The number of benzene rings is 2. The Morgan fingerprint density at radius 3 is 2.56 bits per heavy atom. The zero-order valence-corrected chi connectivity index (χ0v) is 20.1. The lowest BCUT2D eigenvalue weighted by Crippen LogP contribution is -2.45. The minimum Gasteiger partial charge on any atom is -0.370 e. The molecule has 0 amide bonds. The van der Waals surface area contributed by atoms with Gasteiger partial charge in [0, 0.05) is 52.8 Å². The van der Waals surface area contributed by atoms with E-state index in [2.05, 4.69) is 52.3 Å². The molecule has 1 saturated heterocycles. The third kappa shape index (κ3) is 4.16. The molecule has 0 N–H and O–H groups in total. The lowest BCUT2D eigenvalue weighted by molar-refractivity contribution is -0.137. The number of hydrogen-bond donors (Lipinski definition) is 0. The van der Waals surface area contributed by atoms with Gasteiger partial charge < -0.3 is 9.42 Å². The first-order valence-corrected chi connectivity index (χ1v) is 12.3. The molecule has 0 unspecified atom stereocenters. The Hall–Kier alpha value is -3.61. The van der Waals surface area contributed by atoms with Gasteiger partial charge in [0.15, 0.2) is 0 Å². The van der Waals surface area contributed by atoms with Crippen LogP contribution in [0.2, 0.25) is 0 Å². The molecule has 0 bridgehead atoms. The Labute approximate surface area is 207 Å². The van der Waals surface area contributed by atoms with Gasteiger partial charge in [-0.25, -0.2) is 0 Å². The van der Waals surface area contributed by atoms with Gasteiger partial charge in [-0.1, -0.05) is 35.5 Å². The highest BCUT2D eigenvalue weighted by atomic mass is 19.4. The van der Waals surface area contributed by atoms with Crippen molar-refractivity contribution in [2.45, 2.75) is 38.8 Å². The summed E-state index contributed by atoms with van der Waals surface area (Å²) in [5.41, 5.74) is 4.69. The van der Waals surface area contributed by atoms with Gasteiger partial charge in [0.25, 0.3) is 0 Å². The number of anilines is 1. The first-order valence-electron chi connectivity index (χ1n) is 12.3. The normalized spacial score (nSPS) is 16.8. The molecule has 184 valence electrons. The SMILES string of the molecule is Cc1cc(C)c2cc(N3CC(/C=C/c4c(-c5ccccc5C(F)(F)F)noc4C4CC4)C3)ccc2n1. The van der Waals surface area contributed by atoms with Crippen molar-refractivity contribution in [3.05, 3.63) is 82.8 Å². The summed E-state index contributed by atoms with van der Waals surface area (Å²) in [7, 11) is 0. The van der Waals surface area contributed by atoms with Crippen molar-refractivity contribution in [2.24, 2.45) is 5.92 Å². The fourth-order valence-electron chi connectivity index (χ4n) is 5.07. The summed E-state index contributed by atoms with van der Waals surface area (Å²) >= 11 is 0. The van der Waals surface area contributed by atoms with Gasteiger partial charge in [-0.3, -0.25) is 4.98 Å². The van der Waals surface area contributed by atoms with Gasteiger partial charge in [0.2, 0.25) is 0 Å². The Balaban J connectivity index is 1.24. The molecule has 4 nitrogen and oxygen atoms in total. The lowest BCUT2D eigenvalue weighted by atomic mass is 9.94. The molecular formula is C29H26F3N3O. The molecule has 2 aromatic heterocycles. The number of alkyl halides is 3. The third-order valence-corrected chi connectivity index (χ3v) is 7.13. The van der Waals surface area contributed by atoms with Crippen molar-refractivity contribution in [1.82, 2.24) is 10.1 Å². The van der Waals surface area contributed by atoms with Crippen LogP contribution in [0.15, 0.2) is 59.1 Å². The fourth-order valence-corrected chi connectivity index (χ4v) is 5.07. The van der Waals surface area contributed by atoms with Gasteiger partial charge in [-0.05, 0) is 62.6 Å². The van der Waals surface area contributed by atoms with Crippen molar-refractivity contribution < 1.29 is 17.7 Å². The zero-order valence-electron chi connectivity index (χ0n) is 20.1. The van der Waals surface area contributed by atoms with Gasteiger partial charge in [0.05, 0.1) is 11.1 Å². The third-order valence-electron chi connectivity index (χ3n) is 7.13. The maximum atomic E-state index is 13.7. The Morgan fingerprint density at radius 2 is 1.81 bits per heavy atom. The number of nitrogens with zero attached hydrogens (tertiary/aromatic N) is 3. The van der Waals surface area contributed by atoms with E-state index in [9.17, 15) is 13.2 Å². The zero-order chi connectivity index (χ0) is 25.0. The first-order chi connectivity index (χ1) is 17.3. The van der Waals surface area contributed by atoms with E-state index in [4.69, 9.17) is 4.52 Å². The van der Waals surface area contributed by atoms with E-state index in [1.807, 2.05) is 13.0 Å². The molecule has 1 aliphatic heterocycles. The Morgan fingerprint density at radius 1 is 1.03 bits per heavy atom. The smallest absolute Gasteiger partial charge is 0.370 e. The molecule has 0 spiro atoms. The summed E-state index contributed by atoms with van der Waals surface area (Å²) in [5, 5.41) is 5.26. The average molecular weight is 490 g/mol. The molecule has 0 radical (unpaired) electrons.